The summed E-state index contributed by atoms with van der Waals surface area (Å²) >= 11 is 1.54. The van der Waals surface area contributed by atoms with Gasteiger partial charge in [-0.1, -0.05) is 13.8 Å². The number of nitrogens with one attached hydrogen (secondary N) is 1. The summed E-state index contributed by atoms with van der Waals surface area (Å²) in [5.41, 5.74) is 1.53. The van der Waals surface area contributed by atoms with Crippen LogP contribution in [0.1, 0.15) is 54.0 Å². The van der Waals surface area contributed by atoms with E-state index in [0.29, 0.717) is 35.6 Å². The highest BCUT2D eigenvalue weighted by Gasteiger charge is 2.31. The fraction of sp³-hybridized carbons (Fsp3) is 0.524. The van der Waals surface area contributed by atoms with Crippen LogP contribution in [0, 0.1) is 11.8 Å². The van der Waals surface area contributed by atoms with E-state index in [1.54, 1.807) is 16.4 Å². The molecule has 0 bridgehead atoms. The number of rotatable bonds is 4. The third kappa shape index (κ3) is 4.39. The number of amides is 1. The smallest absolute Gasteiger partial charge is 0.257 e. The van der Waals surface area contributed by atoms with Crippen molar-refractivity contribution in [3.8, 4) is 0 Å². The van der Waals surface area contributed by atoms with Crippen molar-refractivity contribution in [2.75, 3.05) is 18.4 Å². The van der Waals surface area contributed by atoms with Crippen LogP contribution in [-0.4, -0.2) is 36.7 Å². The Morgan fingerprint density at radius 2 is 1.76 bits per heavy atom. The minimum atomic E-state index is -3.54. The number of sulfonamides is 1. The Morgan fingerprint density at radius 3 is 2.41 bits per heavy atom. The Morgan fingerprint density at radius 1 is 1.10 bits per heavy atom. The molecule has 1 amide bonds. The lowest BCUT2D eigenvalue weighted by molar-refractivity contribution is 0.102. The lowest BCUT2D eigenvalue weighted by atomic mass is 9.94. The first-order valence-electron chi connectivity index (χ1n) is 10.2. The molecule has 1 N–H and O–H groups in total. The minimum absolute atomic E-state index is 0.236. The molecule has 0 unspecified atom stereocenters. The highest BCUT2D eigenvalue weighted by molar-refractivity contribution is 7.89. The number of thiazole rings is 1. The first-order chi connectivity index (χ1) is 13.8. The molecule has 8 heteroatoms. The number of benzene rings is 1. The van der Waals surface area contributed by atoms with Crippen molar-refractivity contribution in [1.29, 1.82) is 0 Å². The molecule has 6 nitrogen and oxygen atoms in total. The first-order valence-corrected chi connectivity index (χ1v) is 12.5. The molecule has 1 aliphatic carbocycles. The summed E-state index contributed by atoms with van der Waals surface area (Å²) < 4.78 is 27.5. The molecule has 2 atom stereocenters. The molecule has 156 valence electrons. The first kappa shape index (κ1) is 20.5. The Bertz CT molecular complexity index is 965. The second kappa shape index (κ2) is 8.16. The summed E-state index contributed by atoms with van der Waals surface area (Å²) in [6.45, 7) is 5.26. The van der Waals surface area contributed by atoms with E-state index < -0.39 is 10.0 Å². The summed E-state index contributed by atoms with van der Waals surface area (Å²) in [4.78, 5) is 18.6. The van der Waals surface area contributed by atoms with Crippen molar-refractivity contribution in [2.24, 2.45) is 11.8 Å². The van der Waals surface area contributed by atoms with Crippen LogP contribution >= 0.6 is 11.3 Å². The average Bonchev–Trinajstić information content (AvgIpc) is 3.09. The fourth-order valence-electron chi connectivity index (χ4n) is 4.30. The van der Waals surface area contributed by atoms with Crippen LogP contribution in [0.25, 0.3) is 0 Å². The molecule has 1 fully saturated rings. The topological polar surface area (TPSA) is 79.4 Å². The number of hydrogen-bond acceptors (Lipinski definition) is 5. The van der Waals surface area contributed by atoms with Crippen molar-refractivity contribution in [1.82, 2.24) is 9.29 Å². The maximum Gasteiger partial charge on any atom is 0.257 e. The second-order valence-corrected chi connectivity index (χ2v) is 11.4. The maximum atomic E-state index is 13.0. The van der Waals surface area contributed by atoms with Crippen molar-refractivity contribution >= 4 is 32.4 Å². The Kier molecular flexibility index (Phi) is 5.77. The largest absolute Gasteiger partial charge is 0.298 e. The van der Waals surface area contributed by atoms with E-state index in [9.17, 15) is 13.2 Å². The SMILES string of the molecule is C[C@@H]1C[C@@H](C)CN(S(=O)(=O)c2ccc(C(=O)Nc3nc4c(s3)CCCC4)cc2)C1. The van der Waals surface area contributed by atoms with Gasteiger partial charge in [0.25, 0.3) is 5.91 Å². The number of anilines is 1. The molecule has 2 aliphatic rings. The van der Waals surface area contributed by atoms with Gasteiger partial charge in [0, 0.05) is 23.5 Å². The zero-order chi connectivity index (χ0) is 20.6. The van der Waals surface area contributed by atoms with Crippen molar-refractivity contribution < 1.29 is 13.2 Å². The molecule has 0 radical (unpaired) electrons. The van der Waals surface area contributed by atoms with Gasteiger partial charge in [0.1, 0.15) is 0 Å². The maximum absolute atomic E-state index is 13.0. The van der Waals surface area contributed by atoms with Crippen molar-refractivity contribution in [3.05, 3.63) is 40.4 Å². The molecular weight excluding hydrogens is 406 g/mol. The summed E-state index contributed by atoms with van der Waals surface area (Å²) in [5, 5.41) is 3.48. The van der Waals surface area contributed by atoms with Gasteiger partial charge < -0.3 is 0 Å². The summed E-state index contributed by atoms with van der Waals surface area (Å²) in [7, 11) is -3.54. The van der Waals surface area contributed by atoms with Crippen LogP contribution in [0.3, 0.4) is 0 Å². The quantitative estimate of drug-likeness (QED) is 0.792. The van der Waals surface area contributed by atoms with Gasteiger partial charge in [-0.25, -0.2) is 13.4 Å². The normalized spacial score (nSPS) is 22.8. The van der Waals surface area contributed by atoms with Gasteiger partial charge in [-0.15, -0.1) is 11.3 Å². The van der Waals surface area contributed by atoms with Crippen LogP contribution in [0.2, 0.25) is 0 Å². The number of carbonyl (C=O) groups is 1. The number of carbonyl (C=O) groups excluding carboxylic acids is 1. The van der Waals surface area contributed by atoms with Gasteiger partial charge in [0.05, 0.1) is 10.6 Å². The molecule has 2 heterocycles. The van der Waals surface area contributed by atoms with E-state index in [-0.39, 0.29) is 10.8 Å². The molecule has 4 rings (SSSR count). The number of piperidine rings is 1. The standard InChI is InChI=1S/C21H27N3O3S2/c1-14-11-15(2)13-24(12-14)29(26,27)17-9-7-16(8-10-17)20(25)23-21-22-18-5-3-4-6-19(18)28-21/h7-10,14-15H,3-6,11-13H2,1-2H3,(H,22,23,25)/t14-,15-/m1/s1. The van der Waals surface area contributed by atoms with E-state index in [4.69, 9.17) is 0 Å². The predicted molar refractivity (Wildman–Crippen MR) is 115 cm³/mol. The Hall–Kier alpha value is -1.77. The molecule has 0 saturated carbocycles. The van der Waals surface area contributed by atoms with Gasteiger partial charge in [-0.2, -0.15) is 4.31 Å². The molecule has 1 aromatic carbocycles. The number of fused-ring (bicyclic) bond motifs is 1. The van der Waals surface area contributed by atoms with E-state index >= 15 is 0 Å². The van der Waals surface area contributed by atoms with Crippen molar-refractivity contribution in [3.63, 3.8) is 0 Å². The molecular formula is C21H27N3O3S2. The highest BCUT2D eigenvalue weighted by atomic mass is 32.2. The van der Waals surface area contributed by atoms with Crippen LogP contribution < -0.4 is 5.32 Å². The third-order valence-corrected chi connectivity index (χ3v) is 8.57. The number of hydrogen-bond donors (Lipinski definition) is 1. The third-order valence-electron chi connectivity index (χ3n) is 5.66. The molecule has 0 spiro atoms. The highest BCUT2D eigenvalue weighted by Crippen LogP contribution is 2.30. The van der Waals surface area contributed by atoms with Crippen LogP contribution in [0.5, 0.6) is 0 Å². The molecule has 1 aromatic heterocycles. The van der Waals surface area contributed by atoms with Gasteiger partial charge in [-0.3, -0.25) is 10.1 Å². The Balaban J connectivity index is 1.47. The lowest BCUT2D eigenvalue weighted by Gasteiger charge is -2.34. The fourth-order valence-corrected chi connectivity index (χ4v) is 7.03. The van der Waals surface area contributed by atoms with Gasteiger partial charge >= 0.3 is 0 Å². The van der Waals surface area contributed by atoms with Crippen LogP contribution in [-0.2, 0) is 22.9 Å². The van der Waals surface area contributed by atoms with Crippen molar-refractivity contribution in [2.45, 2.75) is 50.8 Å². The minimum Gasteiger partial charge on any atom is -0.298 e. The zero-order valence-electron chi connectivity index (χ0n) is 16.8. The Labute approximate surface area is 176 Å². The predicted octanol–water partition coefficient (Wildman–Crippen LogP) is 3.94. The summed E-state index contributed by atoms with van der Waals surface area (Å²) in [6.07, 6.45) is 5.37. The number of nitrogens with zero attached hydrogens (tertiary/aromatic N) is 2. The average molecular weight is 434 g/mol. The monoisotopic (exact) mass is 433 g/mol. The molecule has 1 saturated heterocycles. The van der Waals surface area contributed by atoms with Crippen LogP contribution in [0.15, 0.2) is 29.2 Å². The van der Waals surface area contributed by atoms with Gasteiger partial charge in [-0.05, 0) is 68.2 Å². The van der Waals surface area contributed by atoms with E-state index in [1.165, 1.54) is 34.8 Å². The molecule has 2 aromatic rings. The second-order valence-electron chi connectivity index (χ2n) is 8.34. The lowest BCUT2D eigenvalue weighted by Crippen LogP contribution is -2.42. The zero-order valence-corrected chi connectivity index (χ0v) is 18.5. The number of aryl methyl sites for hydroxylation is 2. The van der Waals surface area contributed by atoms with E-state index in [1.807, 2.05) is 0 Å². The number of aromatic nitrogens is 1. The van der Waals surface area contributed by atoms with E-state index in [2.05, 4.69) is 24.1 Å². The molecule has 1 aliphatic heterocycles. The van der Waals surface area contributed by atoms with E-state index in [0.717, 1.165) is 31.4 Å². The van der Waals surface area contributed by atoms with Crippen LogP contribution in [0.4, 0.5) is 5.13 Å². The summed E-state index contributed by atoms with van der Waals surface area (Å²) in [6, 6.07) is 6.21. The summed E-state index contributed by atoms with van der Waals surface area (Å²) in [5.74, 6) is 0.436. The molecule has 29 heavy (non-hydrogen) atoms. The van der Waals surface area contributed by atoms with Gasteiger partial charge in [0.15, 0.2) is 5.13 Å². The van der Waals surface area contributed by atoms with Gasteiger partial charge in [0.2, 0.25) is 10.0 Å².